The van der Waals surface area contributed by atoms with Crippen LogP contribution >= 0.6 is 24.0 Å². The van der Waals surface area contributed by atoms with E-state index < -0.39 is 0 Å². The van der Waals surface area contributed by atoms with Gasteiger partial charge in [-0.15, -0.1) is 24.0 Å². The quantitative estimate of drug-likeness (QED) is 0.287. The molecule has 3 fully saturated rings. The number of guanidine groups is 1. The molecule has 2 N–H and O–H groups in total. The fraction of sp³-hybridized carbons (Fsp3) is 0.905. The van der Waals surface area contributed by atoms with Crippen LogP contribution in [0.25, 0.3) is 0 Å². The topological polar surface area (TPSA) is 72.4 Å². The molecule has 2 aliphatic heterocycles. The summed E-state index contributed by atoms with van der Waals surface area (Å²) >= 11 is 0. The Bertz CT molecular complexity index is 528. The van der Waals surface area contributed by atoms with Crippen LogP contribution in [0.1, 0.15) is 38.5 Å². The minimum Gasteiger partial charge on any atom is -0.379 e. The Morgan fingerprint density at radius 1 is 1.07 bits per heavy atom. The average Bonchev–Trinajstić information content (AvgIpc) is 3.27. The fourth-order valence-corrected chi connectivity index (χ4v) is 4.47. The van der Waals surface area contributed by atoms with Gasteiger partial charge in [0.1, 0.15) is 6.54 Å². The number of ether oxygens (including phenoxy) is 1. The van der Waals surface area contributed by atoms with Crippen LogP contribution in [0.5, 0.6) is 0 Å². The summed E-state index contributed by atoms with van der Waals surface area (Å²) < 4.78 is 5.42. The van der Waals surface area contributed by atoms with Crippen LogP contribution in [-0.4, -0.2) is 112 Å². The molecule has 8 nitrogen and oxygen atoms in total. The molecule has 0 aromatic carbocycles. The number of likely N-dealkylation sites (tertiary alicyclic amines) is 1. The van der Waals surface area contributed by atoms with Gasteiger partial charge < -0.3 is 25.2 Å². The lowest BCUT2D eigenvalue weighted by atomic mass is 10.0. The summed E-state index contributed by atoms with van der Waals surface area (Å²) in [6.45, 7) is 7.91. The van der Waals surface area contributed by atoms with Crippen molar-refractivity contribution in [1.29, 1.82) is 0 Å². The highest BCUT2D eigenvalue weighted by atomic mass is 127. The van der Waals surface area contributed by atoms with Crippen LogP contribution in [0.15, 0.2) is 4.99 Å². The number of aliphatic imine (C=N–C) groups is 1. The molecule has 0 radical (unpaired) electrons. The predicted octanol–water partition coefficient (Wildman–Crippen LogP) is 0.967. The predicted molar refractivity (Wildman–Crippen MR) is 132 cm³/mol. The molecule has 1 amide bonds. The number of nitrogens with one attached hydrogen (secondary N) is 2. The van der Waals surface area contributed by atoms with Gasteiger partial charge in [-0.2, -0.15) is 0 Å². The van der Waals surface area contributed by atoms with E-state index in [2.05, 4.69) is 25.4 Å². The van der Waals surface area contributed by atoms with Crippen molar-refractivity contribution < 1.29 is 9.53 Å². The first-order valence-electron chi connectivity index (χ1n) is 11.4. The monoisotopic (exact) mass is 536 g/mol. The Morgan fingerprint density at radius 2 is 1.73 bits per heavy atom. The number of amides is 1. The summed E-state index contributed by atoms with van der Waals surface area (Å²) in [5, 5.41) is 7.04. The highest BCUT2D eigenvalue weighted by Crippen LogP contribution is 2.26. The van der Waals surface area contributed by atoms with E-state index >= 15 is 0 Å². The zero-order chi connectivity index (χ0) is 20.5. The Morgan fingerprint density at radius 3 is 2.37 bits per heavy atom. The van der Waals surface area contributed by atoms with Gasteiger partial charge in [-0.05, 0) is 25.7 Å². The van der Waals surface area contributed by atoms with Gasteiger partial charge in [-0.25, -0.2) is 4.99 Å². The SMILES string of the molecule is CN(C)C(=O)CN=C(NCCN1CCOCC1)NC1CCN(C2CCCC2)CC1.I. The first-order chi connectivity index (χ1) is 14.1. The molecule has 0 atom stereocenters. The smallest absolute Gasteiger partial charge is 0.243 e. The third-order valence-electron chi connectivity index (χ3n) is 6.41. The Hall–Kier alpha value is -0.650. The van der Waals surface area contributed by atoms with Crippen LogP contribution in [0.2, 0.25) is 0 Å². The summed E-state index contributed by atoms with van der Waals surface area (Å²) in [5.41, 5.74) is 0. The van der Waals surface area contributed by atoms with Crippen molar-refractivity contribution in [3.63, 3.8) is 0 Å². The van der Waals surface area contributed by atoms with Gasteiger partial charge in [0.2, 0.25) is 5.91 Å². The van der Waals surface area contributed by atoms with Crippen molar-refractivity contribution in [1.82, 2.24) is 25.3 Å². The van der Waals surface area contributed by atoms with Crippen molar-refractivity contribution in [2.24, 2.45) is 4.99 Å². The Kier molecular flexibility index (Phi) is 11.7. The average molecular weight is 537 g/mol. The molecule has 174 valence electrons. The van der Waals surface area contributed by atoms with Crippen LogP contribution in [0.3, 0.4) is 0 Å². The molecule has 0 aromatic heterocycles. The molecule has 30 heavy (non-hydrogen) atoms. The Labute approximate surface area is 199 Å². The fourth-order valence-electron chi connectivity index (χ4n) is 4.47. The minimum absolute atomic E-state index is 0. The molecule has 9 heteroatoms. The molecule has 0 spiro atoms. The second-order valence-electron chi connectivity index (χ2n) is 8.73. The lowest BCUT2D eigenvalue weighted by Crippen LogP contribution is -2.51. The molecule has 1 aliphatic carbocycles. The Balaban J connectivity index is 0.00000320. The zero-order valence-corrected chi connectivity index (χ0v) is 21.1. The number of carbonyl (C=O) groups excluding carboxylic acids is 1. The number of likely N-dealkylation sites (N-methyl/N-ethyl adjacent to an activating group) is 1. The number of halogens is 1. The maximum Gasteiger partial charge on any atom is 0.243 e. The van der Waals surface area contributed by atoms with Gasteiger partial charge in [-0.3, -0.25) is 9.69 Å². The van der Waals surface area contributed by atoms with Crippen LogP contribution < -0.4 is 10.6 Å². The van der Waals surface area contributed by atoms with Gasteiger partial charge in [-0.1, -0.05) is 12.8 Å². The number of hydrogen-bond acceptors (Lipinski definition) is 5. The van der Waals surface area contributed by atoms with Crippen molar-refractivity contribution >= 4 is 35.8 Å². The molecule has 0 unspecified atom stereocenters. The van der Waals surface area contributed by atoms with Gasteiger partial charge in [0.25, 0.3) is 0 Å². The largest absolute Gasteiger partial charge is 0.379 e. The standard InChI is InChI=1S/C21H40N6O2.HI/c1-25(2)20(28)17-23-21(22-9-12-26-13-15-29-16-14-26)24-18-7-10-27(11-8-18)19-5-3-4-6-19;/h18-19H,3-17H2,1-2H3,(H2,22,23,24);1H. The number of rotatable bonds is 7. The third kappa shape index (κ3) is 8.47. The highest BCUT2D eigenvalue weighted by molar-refractivity contribution is 14.0. The third-order valence-corrected chi connectivity index (χ3v) is 6.41. The minimum atomic E-state index is 0. The van der Waals surface area contributed by atoms with E-state index in [9.17, 15) is 4.79 Å². The van der Waals surface area contributed by atoms with E-state index in [0.717, 1.165) is 64.2 Å². The summed E-state index contributed by atoms with van der Waals surface area (Å²) in [6.07, 6.45) is 7.82. The summed E-state index contributed by atoms with van der Waals surface area (Å²) in [5.74, 6) is 0.795. The molecule has 0 bridgehead atoms. The van der Waals surface area contributed by atoms with Crippen molar-refractivity contribution in [3.05, 3.63) is 0 Å². The van der Waals surface area contributed by atoms with Crippen LogP contribution in [0.4, 0.5) is 0 Å². The number of morpholine rings is 1. The van der Waals surface area contributed by atoms with E-state index in [1.54, 1.807) is 19.0 Å². The number of nitrogens with zero attached hydrogens (tertiary/aromatic N) is 4. The molecular formula is C21H41IN6O2. The lowest BCUT2D eigenvalue weighted by molar-refractivity contribution is -0.127. The summed E-state index contributed by atoms with van der Waals surface area (Å²) in [7, 11) is 3.55. The molecule has 2 saturated heterocycles. The first kappa shape index (κ1) is 25.6. The van der Waals surface area contributed by atoms with Crippen LogP contribution in [0, 0.1) is 0 Å². The van der Waals surface area contributed by atoms with E-state index in [1.807, 2.05) is 0 Å². The van der Waals surface area contributed by atoms with E-state index in [4.69, 9.17) is 4.74 Å². The van der Waals surface area contributed by atoms with Gasteiger partial charge in [0.15, 0.2) is 5.96 Å². The molecule has 2 heterocycles. The number of carbonyl (C=O) groups is 1. The molecule has 3 aliphatic rings. The van der Waals surface area contributed by atoms with Crippen molar-refractivity contribution in [2.45, 2.75) is 50.6 Å². The molecular weight excluding hydrogens is 495 g/mol. The maximum atomic E-state index is 12.0. The van der Waals surface area contributed by atoms with Crippen LogP contribution in [-0.2, 0) is 9.53 Å². The number of hydrogen-bond donors (Lipinski definition) is 2. The van der Waals surface area contributed by atoms with E-state index in [1.165, 1.54) is 38.8 Å². The maximum absolute atomic E-state index is 12.0. The summed E-state index contributed by atoms with van der Waals surface area (Å²) in [4.78, 5) is 23.2. The highest BCUT2D eigenvalue weighted by Gasteiger charge is 2.27. The van der Waals surface area contributed by atoms with E-state index in [-0.39, 0.29) is 36.4 Å². The van der Waals surface area contributed by atoms with Gasteiger partial charge >= 0.3 is 0 Å². The molecule has 1 saturated carbocycles. The van der Waals surface area contributed by atoms with Gasteiger partial charge in [0, 0.05) is 65.4 Å². The summed E-state index contributed by atoms with van der Waals surface area (Å²) in [6, 6.07) is 1.24. The van der Waals surface area contributed by atoms with E-state index in [0.29, 0.717) is 6.04 Å². The molecule has 3 rings (SSSR count). The van der Waals surface area contributed by atoms with Crippen molar-refractivity contribution in [3.8, 4) is 0 Å². The molecule has 0 aromatic rings. The zero-order valence-electron chi connectivity index (χ0n) is 18.8. The normalized spacial score (nSPS) is 22.5. The van der Waals surface area contributed by atoms with Gasteiger partial charge in [0.05, 0.1) is 13.2 Å². The first-order valence-corrected chi connectivity index (χ1v) is 11.4. The number of piperidine rings is 1. The lowest BCUT2D eigenvalue weighted by Gasteiger charge is -2.36. The van der Waals surface area contributed by atoms with Crippen molar-refractivity contribution in [2.75, 3.05) is 73.1 Å². The second-order valence-corrected chi connectivity index (χ2v) is 8.73. The second kappa shape index (κ2) is 13.7.